The molecule has 1 N–H and O–H groups in total. The van der Waals surface area contributed by atoms with Crippen LogP contribution in [0, 0.1) is 13.8 Å². The molecule has 0 unspecified atom stereocenters. The quantitative estimate of drug-likeness (QED) is 0.779. The highest BCUT2D eigenvalue weighted by molar-refractivity contribution is 5.78. The van der Waals surface area contributed by atoms with E-state index in [9.17, 15) is 4.79 Å². The molecule has 1 aliphatic rings. The molecule has 2 aromatic rings. The number of aryl methyl sites for hydroxylation is 2. The SMILES string of the molecule is COc1ccc([C@H](C)[NH+]2CCN(c3c(C)cc(C=O)cc3C)CC2)cc1OC. The van der Waals surface area contributed by atoms with Crippen molar-refractivity contribution in [2.45, 2.75) is 26.8 Å². The van der Waals surface area contributed by atoms with Crippen LogP contribution in [0.4, 0.5) is 5.69 Å². The van der Waals surface area contributed by atoms with Crippen LogP contribution in [0.2, 0.25) is 0 Å². The minimum atomic E-state index is 0.390. The van der Waals surface area contributed by atoms with Gasteiger partial charge in [-0.05, 0) is 62.2 Å². The molecular formula is C23H31N2O3+. The summed E-state index contributed by atoms with van der Waals surface area (Å²) in [6.45, 7) is 10.6. The maximum Gasteiger partial charge on any atom is 0.161 e. The number of quaternary nitrogens is 1. The summed E-state index contributed by atoms with van der Waals surface area (Å²) in [6, 6.07) is 10.6. The van der Waals surface area contributed by atoms with Gasteiger partial charge in [-0.15, -0.1) is 0 Å². The van der Waals surface area contributed by atoms with E-state index in [-0.39, 0.29) is 0 Å². The lowest BCUT2D eigenvalue weighted by Crippen LogP contribution is -3.14. The van der Waals surface area contributed by atoms with Crippen molar-refractivity contribution in [3.05, 3.63) is 52.6 Å². The number of nitrogens with one attached hydrogen (secondary N) is 1. The molecular weight excluding hydrogens is 352 g/mol. The molecule has 28 heavy (non-hydrogen) atoms. The Labute approximate surface area is 167 Å². The molecule has 5 nitrogen and oxygen atoms in total. The smallest absolute Gasteiger partial charge is 0.161 e. The van der Waals surface area contributed by atoms with E-state index in [1.165, 1.54) is 22.4 Å². The highest BCUT2D eigenvalue weighted by Gasteiger charge is 2.27. The summed E-state index contributed by atoms with van der Waals surface area (Å²) < 4.78 is 10.8. The molecule has 150 valence electrons. The zero-order chi connectivity index (χ0) is 20.3. The second kappa shape index (κ2) is 8.65. The van der Waals surface area contributed by atoms with Crippen molar-refractivity contribution in [3.8, 4) is 11.5 Å². The summed E-state index contributed by atoms with van der Waals surface area (Å²) >= 11 is 0. The number of carbonyl (C=O) groups is 1. The number of nitrogens with zero attached hydrogens (tertiary/aromatic N) is 1. The Morgan fingerprint density at radius 2 is 1.61 bits per heavy atom. The van der Waals surface area contributed by atoms with E-state index in [1.807, 2.05) is 18.2 Å². The van der Waals surface area contributed by atoms with Gasteiger partial charge in [0.1, 0.15) is 12.3 Å². The van der Waals surface area contributed by atoms with E-state index < -0.39 is 0 Å². The Balaban J connectivity index is 1.71. The number of benzene rings is 2. The lowest BCUT2D eigenvalue weighted by molar-refractivity contribution is -0.930. The minimum absolute atomic E-state index is 0.390. The number of rotatable bonds is 6. The van der Waals surface area contributed by atoms with Crippen molar-refractivity contribution in [1.29, 1.82) is 0 Å². The lowest BCUT2D eigenvalue weighted by atomic mass is 10.0. The molecule has 0 spiro atoms. The van der Waals surface area contributed by atoms with Gasteiger partial charge in [0.25, 0.3) is 0 Å². The van der Waals surface area contributed by atoms with Gasteiger partial charge in [0.15, 0.2) is 11.5 Å². The molecule has 5 heteroatoms. The fourth-order valence-electron chi connectivity index (χ4n) is 4.36. The van der Waals surface area contributed by atoms with Gasteiger partial charge < -0.3 is 19.3 Å². The summed E-state index contributed by atoms with van der Waals surface area (Å²) in [5, 5.41) is 0. The number of ether oxygens (including phenoxy) is 2. The van der Waals surface area contributed by atoms with Crippen molar-refractivity contribution in [2.24, 2.45) is 0 Å². The van der Waals surface area contributed by atoms with Gasteiger partial charge in [-0.2, -0.15) is 0 Å². The summed E-state index contributed by atoms with van der Waals surface area (Å²) in [5.41, 5.74) is 5.66. The number of hydrogen-bond acceptors (Lipinski definition) is 4. The molecule has 1 fully saturated rings. The van der Waals surface area contributed by atoms with E-state index >= 15 is 0 Å². The molecule has 0 aromatic heterocycles. The van der Waals surface area contributed by atoms with Crippen LogP contribution in [0.15, 0.2) is 30.3 Å². The zero-order valence-corrected chi connectivity index (χ0v) is 17.5. The van der Waals surface area contributed by atoms with Crippen LogP contribution in [0.3, 0.4) is 0 Å². The minimum Gasteiger partial charge on any atom is -0.493 e. The van der Waals surface area contributed by atoms with Crippen LogP contribution in [-0.2, 0) is 0 Å². The third-order valence-electron chi connectivity index (χ3n) is 5.89. The molecule has 0 bridgehead atoms. The van der Waals surface area contributed by atoms with Gasteiger partial charge in [0.2, 0.25) is 0 Å². The van der Waals surface area contributed by atoms with Gasteiger partial charge in [-0.1, -0.05) is 0 Å². The average Bonchev–Trinajstić information content (AvgIpc) is 2.72. The Morgan fingerprint density at radius 1 is 1.00 bits per heavy atom. The number of piperazine rings is 1. The highest BCUT2D eigenvalue weighted by atomic mass is 16.5. The van der Waals surface area contributed by atoms with E-state index in [1.54, 1.807) is 19.1 Å². The number of carbonyl (C=O) groups excluding carboxylic acids is 1. The maximum atomic E-state index is 11.1. The van der Waals surface area contributed by atoms with Crippen molar-refractivity contribution in [1.82, 2.24) is 0 Å². The summed E-state index contributed by atoms with van der Waals surface area (Å²) in [7, 11) is 3.34. The predicted octanol–water partition coefficient (Wildman–Crippen LogP) is 2.60. The van der Waals surface area contributed by atoms with Gasteiger partial charge in [-0.25, -0.2) is 0 Å². The van der Waals surface area contributed by atoms with Crippen LogP contribution in [-0.4, -0.2) is 46.7 Å². The van der Waals surface area contributed by atoms with Crippen molar-refractivity contribution in [2.75, 3.05) is 45.3 Å². The van der Waals surface area contributed by atoms with Crippen LogP contribution in [0.5, 0.6) is 11.5 Å². The van der Waals surface area contributed by atoms with E-state index in [0.717, 1.165) is 49.5 Å². The molecule has 1 saturated heterocycles. The Morgan fingerprint density at radius 3 is 2.14 bits per heavy atom. The summed E-state index contributed by atoms with van der Waals surface area (Å²) in [6.07, 6.45) is 0.927. The molecule has 1 aliphatic heterocycles. The molecule has 0 aliphatic carbocycles. The molecule has 0 saturated carbocycles. The fraction of sp³-hybridized carbons (Fsp3) is 0.435. The topological polar surface area (TPSA) is 43.2 Å². The van der Waals surface area contributed by atoms with E-state index in [2.05, 4.69) is 37.8 Å². The van der Waals surface area contributed by atoms with Crippen LogP contribution in [0.25, 0.3) is 0 Å². The summed E-state index contributed by atoms with van der Waals surface area (Å²) in [5.74, 6) is 1.55. The Bertz CT molecular complexity index is 819. The van der Waals surface area contributed by atoms with Crippen LogP contribution >= 0.6 is 0 Å². The highest BCUT2D eigenvalue weighted by Crippen LogP contribution is 2.30. The van der Waals surface area contributed by atoms with E-state index in [0.29, 0.717) is 6.04 Å². The normalized spacial score (nSPS) is 16.0. The molecule has 1 heterocycles. The zero-order valence-electron chi connectivity index (χ0n) is 17.5. The van der Waals surface area contributed by atoms with Crippen LogP contribution in [0.1, 0.15) is 40.0 Å². The van der Waals surface area contributed by atoms with Gasteiger partial charge in [-0.3, -0.25) is 4.79 Å². The molecule has 1 atom stereocenters. The first-order valence-corrected chi connectivity index (χ1v) is 9.86. The number of anilines is 1. The molecule has 3 rings (SSSR count). The van der Waals surface area contributed by atoms with Crippen LogP contribution < -0.4 is 19.3 Å². The van der Waals surface area contributed by atoms with Gasteiger partial charge >= 0.3 is 0 Å². The van der Waals surface area contributed by atoms with Crippen molar-refractivity contribution >= 4 is 12.0 Å². The maximum absolute atomic E-state index is 11.1. The second-order valence-corrected chi connectivity index (χ2v) is 7.60. The third-order valence-corrected chi connectivity index (χ3v) is 5.89. The third kappa shape index (κ3) is 3.99. The monoisotopic (exact) mass is 383 g/mol. The standard InChI is InChI=1S/C23H30N2O3/c1-16-12-19(15-26)13-17(2)23(16)25-10-8-24(9-11-25)18(3)20-6-7-21(27-4)22(14-20)28-5/h6-7,12-15,18H,8-11H2,1-5H3/p+1/t18-/m0/s1. The van der Waals surface area contributed by atoms with Crippen molar-refractivity contribution < 1.29 is 19.2 Å². The van der Waals surface area contributed by atoms with Crippen molar-refractivity contribution in [3.63, 3.8) is 0 Å². The first kappa shape index (κ1) is 20.2. The lowest BCUT2D eigenvalue weighted by Gasteiger charge is -2.38. The molecule has 0 amide bonds. The number of aldehydes is 1. The first-order chi connectivity index (χ1) is 13.5. The number of hydrogen-bond donors (Lipinski definition) is 1. The van der Waals surface area contributed by atoms with Gasteiger partial charge in [0, 0.05) is 16.8 Å². The molecule has 2 aromatic carbocycles. The second-order valence-electron chi connectivity index (χ2n) is 7.60. The average molecular weight is 384 g/mol. The predicted molar refractivity (Wildman–Crippen MR) is 112 cm³/mol. The van der Waals surface area contributed by atoms with Gasteiger partial charge in [0.05, 0.1) is 40.4 Å². The Hall–Kier alpha value is -2.53. The largest absolute Gasteiger partial charge is 0.493 e. The van der Waals surface area contributed by atoms with E-state index in [4.69, 9.17) is 9.47 Å². The Kier molecular flexibility index (Phi) is 6.25. The summed E-state index contributed by atoms with van der Waals surface area (Å²) in [4.78, 5) is 15.1. The fourth-order valence-corrected chi connectivity index (χ4v) is 4.36. The first-order valence-electron chi connectivity index (χ1n) is 9.86. The number of methoxy groups -OCH3 is 2. The molecule has 0 radical (unpaired) electrons.